The van der Waals surface area contributed by atoms with Crippen molar-refractivity contribution in [1.82, 2.24) is 9.97 Å². The molecule has 1 atom stereocenters. The Morgan fingerprint density at radius 3 is 2.66 bits per heavy atom. The molecular weight excluding hydrogens is 446 g/mol. The highest BCUT2D eigenvalue weighted by Gasteiger charge is 2.21. The summed E-state index contributed by atoms with van der Waals surface area (Å²) in [5.74, 6) is 0.785. The first-order valence-corrected chi connectivity index (χ1v) is 11.9. The lowest BCUT2D eigenvalue weighted by molar-refractivity contribution is -0.384. The average Bonchev–Trinajstić information content (AvgIpc) is 2.89. The molecule has 0 aliphatic heterocycles. The van der Waals surface area contributed by atoms with Gasteiger partial charge in [-0.15, -0.1) is 0 Å². The molecule has 0 spiro atoms. The molecule has 1 amide bonds. The smallest absolute Gasteiger partial charge is 0.293 e. The predicted octanol–water partition coefficient (Wildman–Crippen LogP) is 5.77. The third-order valence-electron chi connectivity index (χ3n) is 6.16. The zero-order valence-corrected chi connectivity index (χ0v) is 19.6. The highest BCUT2D eigenvalue weighted by atomic mass is 16.6. The Hall–Kier alpha value is -4.01. The summed E-state index contributed by atoms with van der Waals surface area (Å²) < 4.78 is 5.98. The number of hydrogen-bond donors (Lipinski definition) is 2. The Balaban J connectivity index is 1.47. The number of ether oxygens (including phenoxy) is 1. The predicted molar refractivity (Wildman–Crippen MR) is 134 cm³/mol. The van der Waals surface area contributed by atoms with Crippen LogP contribution in [0.1, 0.15) is 61.1 Å². The molecule has 182 valence electrons. The van der Waals surface area contributed by atoms with Crippen molar-refractivity contribution in [2.45, 2.75) is 45.1 Å². The van der Waals surface area contributed by atoms with Gasteiger partial charge in [0.25, 0.3) is 11.6 Å². The van der Waals surface area contributed by atoms with Gasteiger partial charge in [-0.2, -0.15) is 0 Å². The summed E-state index contributed by atoms with van der Waals surface area (Å²) >= 11 is 0. The minimum Gasteiger partial charge on any atom is -0.489 e. The molecule has 9 heteroatoms. The number of hydrogen-bond acceptors (Lipinski definition) is 7. The first-order chi connectivity index (χ1) is 17.0. The molecule has 3 aromatic rings. The molecule has 1 aliphatic rings. The topological polar surface area (TPSA) is 119 Å². The number of carbonyl (C=O) groups excluding carboxylic acids is 1. The summed E-state index contributed by atoms with van der Waals surface area (Å²) in [5.41, 5.74) is 1.01. The van der Waals surface area contributed by atoms with Gasteiger partial charge in [0, 0.05) is 24.0 Å². The van der Waals surface area contributed by atoms with E-state index in [1.165, 1.54) is 31.4 Å². The molecule has 1 aromatic carbocycles. The highest BCUT2D eigenvalue weighted by molar-refractivity contribution is 6.05. The fourth-order valence-electron chi connectivity index (χ4n) is 4.23. The number of pyridine rings is 2. The number of aromatic nitrogens is 2. The van der Waals surface area contributed by atoms with Crippen LogP contribution in [0.5, 0.6) is 5.75 Å². The van der Waals surface area contributed by atoms with E-state index in [4.69, 9.17) is 4.74 Å². The summed E-state index contributed by atoms with van der Waals surface area (Å²) in [5, 5.41) is 17.6. The number of nitrogens with one attached hydrogen (secondary N) is 2. The van der Waals surface area contributed by atoms with Crippen molar-refractivity contribution in [3.8, 4) is 5.75 Å². The van der Waals surface area contributed by atoms with Gasteiger partial charge in [0.1, 0.15) is 5.69 Å². The Bertz CT molecular complexity index is 1170. The van der Waals surface area contributed by atoms with Gasteiger partial charge in [-0.3, -0.25) is 19.9 Å². The number of nitrogens with zero attached hydrogens (tertiary/aromatic N) is 3. The molecule has 1 fully saturated rings. The van der Waals surface area contributed by atoms with Gasteiger partial charge in [0.15, 0.2) is 11.6 Å². The van der Waals surface area contributed by atoms with Crippen molar-refractivity contribution in [3.63, 3.8) is 0 Å². The molecule has 0 saturated heterocycles. The van der Waals surface area contributed by atoms with Crippen LogP contribution in [-0.4, -0.2) is 27.4 Å². The van der Waals surface area contributed by atoms with Crippen LogP contribution < -0.4 is 15.4 Å². The molecule has 0 radical (unpaired) electrons. The van der Waals surface area contributed by atoms with Crippen LogP contribution in [0.25, 0.3) is 0 Å². The monoisotopic (exact) mass is 475 g/mol. The summed E-state index contributed by atoms with van der Waals surface area (Å²) in [6.45, 7) is 2.44. The van der Waals surface area contributed by atoms with E-state index in [2.05, 4.69) is 20.6 Å². The fourth-order valence-corrected chi connectivity index (χ4v) is 4.23. The van der Waals surface area contributed by atoms with Crippen LogP contribution in [0.2, 0.25) is 0 Å². The van der Waals surface area contributed by atoms with Crippen LogP contribution in [0.3, 0.4) is 0 Å². The summed E-state index contributed by atoms with van der Waals surface area (Å²) in [6.07, 6.45) is 9.23. The lowest BCUT2D eigenvalue weighted by atomic mass is 9.90. The minimum atomic E-state index is -0.510. The van der Waals surface area contributed by atoms with Gasteiger partial charge >= 0.3 is 0 Å². The van der Waals surface area contributed by atoms with Crippen molar-refractivity contribution >= 4 is 23.1 Å². The largest absolute Gasteiger partial charge is 0.489 e. The van der Waals surface area contributed by atoms with E-state index in [0.29, 0.717) is 29.8 Å². The lowest BCUT2D eigenvalue weighted by Crippen LogP contribution is -2.18. The quantitative estimate of drug-likeness (QED) is 0.298. The maximum atomic E-state index is 12.9. The molecule has 35 heavy (non-hydrogen) atoms. The number of anilines is 2. The highest BCUT2D eigenvalue weighted by Crippen LogP contribution is 2.30. The van der Waals surface area contributed by atoms with E-state index < -0.39 is 10.8 Å². The molecule has 1 aliphatic carbocycles. The number of amides is 1. The molecule has 2 N–H and O–H groups in total. The van der Waals surface area contributed by atoms with Gasteiger partial charge in [-0.05, 0) is 62.1 Å². The van der Waals surface area contributed by atoms with Crippen LogP contribution >= 0.6 is 0 Å². The van der Waals surface area contributed by atoms with Crippen molar-refractivity contribution in [2.75, 3.05) is 17.2 Å². The van der Waals surface area contributed by atoms with Crippen LogP contribution in [0.15, 0.2) is 60.9 Å². The third-order valence-corrected chi connectivity index (χ3v) is 6.16. The van der Waals surface area contributed by atoms with Gasteiger partial charge < -0.3 is 15.4 Å². The SMILES string of the molecule is CC(Nc1ccc(C(=O)Nc2ncccc2OCC2CCCCC2)cc1[N+](=O)[O-])c1ccccn1. The maximum absolute atomic E-state index is 12.9. The molecule has 2 heterocycles. The normalized spacial score (nSPS) is 14.7. The number of benzene rings is 1. The molecule has 0 bridgehead atoms. The second kappa shape index (κ2) is 11.4. The van der Waals surface area contributed by atoms with Crippen LogP contribution in [-0.2, 0) is 0 Å². The molecule has 2 aromatic heterocycles. The Labute approximate surface area is 204 Å². The maximum Gasteiger partial charge on any atom is 0.293 e. The third kappa shape index (κ3) is 6.32. The first kappa shape index (κ1) is 24.1. The molecule has 9 nitrogen and oxygen atoms in total. The number of nitro benzene ring substituents is 1. The Morgan fingerprint density at radius 1 is 1.11 bits per heavy atom. The van der Waals surface area contributed by atoms with E-state index in [1.54, 1.807) is 36.7 Å². The standard InChI is InChI=1S/C26H29N5O4/c1-18(21-10-5-6-14-27-21)29-22-13-12-20(16-23(22)31(33)34)26(32)30-25-24(11-7-15-28-25)35-17-19-8-3-2-4-9-19/h5-7,10-16,18-19,29H,2-4,8-9,17H2,1H3,(H,28,30,32). The number of nitro groups is 1. The van der Waals surface area contributed by atoms with Crippen LogP contribution in [0, 0.1) is 16.0 Å². The van der Waals surface area contributed by atoms with E-state index in [-0.39, 0.29) is 17.3 Å². The number of rotatable bonds is 9. The van der Waals surface area contributed by atoms with Crippen molar-refractivity contribution in [2.24, 2.45) is 5.92 Å². The summed E-state index contributed by atoms with van der Waals surface area (Å²) in [6, 6.07) is 13.1. The molecular formula is C26H29N5O4. The van der Waals surface area contributed by atoms with Crippen molar-refractivity contribution in [1.29, 1.82) is 0 Å². The summed E-state index contributed by atoms with van der Waals surface area (Å²) in [4.78, 5) is 32.7. The van der Waals surface area contributed by atoms with Gasteiger partial charge in [0.05, 0.1) is 23.3 Å². The second-order valence-electron chi connectivity index (χ2n) is 8.73. The van der Waals surface area contributed by atoms with E-state index in [1.807, 2.05) is 19.1 Å². The second-order valence-corrected chi connectivity index (χ2v) is 8.73. The van der Waals surface area contributed by atoms with Gasteiger partial charge in [-0.1, -0.05) is 25.3 Å². The minimum absolute atomic E-state index is 0.150. The lowest BCUT2D eigenvalue weighted by Gasteiger charge is -2.22. The van der Waals surface area contributed by atoms with Gasteiger partial charge in [0.2, 0.25) is 0 Å². The zero-order chi connectivity index (χ0) is 24.6. The zero-order valence-electron chi connectivity index (χ0n) is 19.6. The van der Waals surface area contributed by atoms with E-state index >= 15 is 0 Å². The van der Waals surface area contributed by atoms with Crippen molar-refractivity contribution < 1.29 is 14.5 Å². The van der Waals surface area contributed by atoms with Gasteiger partial charge in [-0.25, -0.2) is 4.98 Å². The molecule has 1 saturated carbocycles. The average molecular weight is 476 g/mol. The molecule has 1 unspecified atom stereocenters. The van der Waals surface area contributed by atoms with E-state index in [0.717, 1.165) is 18.5 Å². The van der Waals surface area contributed by atoms with E-state index in [9.17, 15) is 14.9 Å². The Morgan fingerprint density at radius 2 is 1.91 bits per heavy atom. The summed E-state index contributed by atoms with van der Waals surface area (Å²) in [7, 11) is 0. The fraction of sp³-hybridized carbons (Fsp3) is 0.346. The number of carbonyl (C=O) groups is 1. The Kier molecular flexibility index (Phi) is 7.87. The van der Waals surface area contributed by atoms with Crippen molar-refractivity contribution in [3.05, 3.63) is 82.3 Å². The van der Waals surface area contributed by atoms with Crippen LogP contribution in [0.4, 0.5) is 17.2 Å². The first-order valence-electron chi connectivity index (χ1n) is 11.9. The molecule has 4 rings (SSSR count).